The van der Waals surface area contributed by atoms with Crippen LogP contribution in [0, 0.1) is 11.8 Å². The molecule has 22 heavy (non-hydrogen) atoms. The highest BCUT2D eigenvalue weighted by Gasteiger charge is 2.31. The summed E-state index contributed by atoms with van der Waals surface area (Å²) < 4.78 is 10.4. The van der Waals surface area contributed by atoms with Crippen LogP contribution in [0.4, 0.5) is 0 Å². The van der Waals surface area contributed by atoms with Crippen LogP contribution in [0.15, 0.2) is 36.4 Å². The van der Waals surface area contributed by atoms with Gasteiger partial charge in [-0.25, -0.2) is 4.79 Å². The van der Waals surface area contributed by atoms with Gasteiger partial charge in [-0.2, -0.15) is 0 Å². The highest BCUT2D eigenvalue weighted by molar-refractivity contribution is 5.87. The lowest BCUT2D eigenvalue weighted by Gasteiger charge is -2.24. The zero-order valence-corrected chi connectivity index (χ0v) is 13.6. The molecule has 0 bridgehead atoms. The number of esters is 2. The third kappa shape index (κ3) is 5.72. The molecule has 1 aromatic rings. The average Bonchev–Trinajstić information content (AvgIpc) is 2.46. The summed E-state index contributed by atoms with van der Waals surface area (Å²) in [6, 6.07) is 9.47. The Morgan fingerprint density at radius 2 is 1.77 bits per heavy atom. The Kier molecular flexibility index (Phi) is 7.37. The predicted molar refractivity (Wildman–Crippen MR) is 86.0 cm³/mol. The Bertz CT molecular complexity index is 505. The lowest BCUT2D eigenvalue weighted by Crippen LogP contribution is -2.35. The highest BCUT2D eigenvalue weighted by Crippen LogP contribution is 2.20. The van der Waals surface area contributed by atoms with Gasteiger partial charge in [0.1, 0.15) is 6.10 Å². The van der Waals surface area contributed by atoms with Crippen LogP contribution < -0.4 is 0 Å². The summed E-state index contributed by atoms with van der Waals surface area (Å²) in [5, 5.41) is 0. The number of hydrogen-bond acceptors (Lipinski definition) is 4. The smallest absolute Gasteiger partial charge is 0.331 e. The number of carbonyl (C=O) groups is 2. The molecule has 4 nitrogen and oxygen atoms in total. The molecular weight excluding hydrogens is 280 g/mol. The molecule has 0 aliphatic heterocycles. The van der Waals surface area contributed by atoms with Crippen molar-refractivity contribution in [2.75, 3.05) is 6.61 Å². The fourth-order valence-electron chi connectivity index (χ4n) is 2.27. The SMILES string of the molecule is CCOC(=O)C(C(C)C)C(C)OC(=O)/C=C/c1ccccc1. The third-order valence-electron chi connectivity index (χ3n) is 3.30. The Morgan fingerprint density at radius 1 is 1.14 bits per heavy atom. The maximum absolute atomic E-state index is 12.0. The first-order valence-electron chi connectivity index (χ1n) is 7.56. The van der Waals surface area contributed by atoms with Crippen LogP contribution in [-0.4, -0.2) is 24.6 Å². The number of ether oxygens (including phenoxy) is 2. The molecule has 0 aliphatic carbocycles. The molecule has 0 aromatic heterocycles. The van der Waals surface area contributed by atoms with Crippen molar-refractivity contribution in [2.45, 2.75) is 33.8 Å². The van der Waals surface area contributed by atoms with Gasteiger partial charge in [0.25, 0.3) is 0 Å². The Balaban J connectivity index is 2.64. The molecule has 0 fully saturated rings. The van der Waals surface area contributed by atoms with E-state index in [1.807, 2.05) is 44.2 Å². The van der Waals surface area contributed by atoms with Crippen molar-refractivity contribution < 1.29 is 19.1 Å². The summed E-state index contributed by atoms with van der Waals surface area (Å²) in [7, 11) is 0. The van der Waals surface area contributed by atoms with E-state index in [2.05, 4.69) is 0 Å². The third-order valence-corrected chi connectivity index (χ3v) is 3.30. The molecule has 0 saturated heterocycles. The zero-order chi connectivity index (χ0) is 16.5. The van der Waals surface area contributed by atoms with Crippen molar-refractivity contribution in [2.24, 2.45) is 11.8 Å². The van der Waals surface area contributed by atoms with Gasteiger partial charge in [-0.15, -0.1) is 0 Å². The molecule has 0 heterocycles. The van der Waals surface area contributed by atoms with Crippen molar-refractivity contribution >= 4 is 18.0 Å². The van der Waals surface area contributed by atoms with Crippen LogP contribution in [0.25, 0.3) is 6.08 Å². The van der Waals surface area contributed by atoms with Crippen LogP contribution in [0.2, 0.25) is 0 Å². The quantitative estimate of drug-likeness (QED) is 0.572. The monoisotopic (exact) mass is 304 g/mol. The Morgan fingerprint density at radius 3 is 2.32 bits per heavy atom. The molecule has 0 spiro atoms. The molecule has 0 amide bonds. The summed E-state index contributed by atoms with van der Waals surface area (Å²) in [5.41, 5.74) is 0.915. The number of hydrogen-bond donors (Lipinski definition) is 0. The van der Waals surface area contributed by atoms with Crippen molar-refractivity contribution in [3.63, 3.8) is 0 Å². The lowest BCUT2D eigenvalue weighted by molar-refractivity contribution is -0.160. The van der Waals surface area contributed by atoms with Crippen LogP contribution in [0.3, 0.4) is 0 Å². The van der Waals surface area contributed by atoms with E-state index in [-0.39, 0.29) is 11.9 Å². The molecular formula is C18H24O4. The van der Waals surface area contributed by atoms with Gasteiger partial charge in [0.2, 0.25) is 0 Å². The summed E-state index contributed by atoms with van der Waals surface area (Å²) in [6.45, 7) is 7.61. The predicted octanol–water partition coefficient (Wildman–Crippen LogP) is 3.47. The second-order valence-corrected chi connectivity index (χ2v) is 5.41. The fraction of sp³-hybridized carbons (Fsp3) is 0.444. The normalized spacial score (nSPS) is 13.9. The minimum atomic E-state index is -0.535. The molecule has 0 aliphatic rings. The van der Waals surface area contributed by atoms with E-state index in [9.17, 15) is 9.59 Å². The first-order chi connectivity index (χ1) is 10.5. The molecule has 120 valence electrons. The van der Waals surface area contributed by atoms with Crippen molar-refractivity contribution in [1.29, 1.82) is 0 Å². The average molecular weight is 304 g/mol. The number of rotatable bonds is 7. The molecule has 0 N–H and O–H groups in total. The van der Waals surface area contributed by atoms with E-state index in [0.29, 0.717) is 6.61 Å². The van der Waals surface area contributed by atoms with Gasteiger partial charge in [0, 0.05) is 6.08 Å². The molecule has 4 heteroatoms. The molecule has 2 unspecified atom stereocenters. The number of carbonyl (C=O) groups excluding carboxylic acids is 2. The van der Waals surface area contributed by atoms with Crippen molar-refractivity contribution in [3.8, 4) is 0 Å². The van der Waals surface area contributed by atoms with Crippen molar-refractivity contribution in [3.05, 3.63) is 42.0 Å². The van der Waals surface area contributed by atoms with Gasteiger partial charge in [-0.3, -0.25) is 4.79 Å². The largest absolute Gasteiger partial charge is 0.466 e. The second kappa shape index (κ2) is 9.03. The second-order valence-electron chi connectivity index (χ2n) is 5.41. The molecule has 2 atom stereocenters. The minimum absolute atomic E-state index is 0.0277. The first kappa shape index (κ1) is 18.0. The van der Waals surface area contributed by atoms with Crippen molar-refractivity contribution in [1.82, 2.24) is 0 Å². The van der Waals surface area contributed by atoms with E-state index in [1.165, 1.54) is 6.08 Å². The minimum Gasteiger partial charge on any atom is -0.466 e. The van der Waals surface area contributed by atoms with E-state index in [4.69, 9.17) is 9.47 Å². The van der Waals surface area contributed by atoms with E-state index < -0.39 is 18.0 Å². The maximum atomic E-state index is 12.0. The summed E-state index contributed by atoms with van der Waals surface area (Å²) >= 11 is 0. The number of benzene rings is 1. The molecule has 1 rings (SSSR count). The topological polar surface area (TPSA) is 52.6 Å². The van der Waals surface area contributed by atoms with Crippen LogP contribution in [0.1, 0.15) is 33.3 Å². The zero-order valence-electron chi connectivity index (χ0n) is 13.6. The van der Waals surface area contributed by atoms with Crippen LogP contribution >= 0.6 is 0 Å². The van der Waals surface area contributed by atoms with E-state index in [1.54, 1.807) is 19.9 Å². The molecule has 0 saturated carbocycles. The van der Waals surface area contributed by atoms with Gasteiger partial charge in [-0.05, 0) is 31.4 Å². The van der Waals surface area contributed by atoms with Gasteiger partial charge < -0.3 is 9.47 Å². The molecule has 1 aromatic carbocycles. The van der Waals surface area contributed by atoms with Gasteiger partial charge >= 0.3 is 11.9 Å². The standard InChI is InChI=1S/C18H24O4/c1-5-21-18(20)17(13(2)3)14(4)22-16(19)12-11-15-9-7-6-8-10-15/h6-14,17H,5H2,1-4H3/b12-11+. The first-order valence-corrected chi connectivity index (χ1v) is 7.56. The maximum Gasteiger partial charge on any atom is 0.331 e. The Hall–Kier alpha value is -2.10. The lowest BCUT2D eigenvalue weighted by atomic mass is 9.91. The Labute approximate surface area is 132 Å². The van der Waals surface area contributed by atoms with Crippen LogP contribution in [-0.2, 0) is 19.1 Å². The van der Waals surface area contributed by atoms with Gasteiger partial charge in [-0.1, -0.05) is 44.2 Å². The van der Waals surface area contributed by atoms with Gasteiger partial charge in [0.15, 0.2) is 0 Å². The van der Waals surface area contributed by atoms with Gasteiger partial charge in [0.05, 0.1) is 12.5 Å². The van der Waals surface area contributed by atoms with E-state index >= 15 is 0 Å². The van der Waals surface area contributed by atoms with E-state index in [0.717, 1.165) is 5.56 Å². The summed E-state index contributed by atoms with van der Waals surface area (Å²) in [6.07, 6.45) is 2.52. The fourth-order valence-corrected chi connectivity index (χ4v) is 2.27. The van der Waals surface area contributed by atoms with Crippen LogP contribution in [0.5, 0.6) is 0 Å². The molecule has 0 radical (unpaired) electrons. The highest BCUT2D eigenvalue weighted by atomic mass is 16.6. The summed E-state index contributed by atoms with van der Waals surface area (Å²) in [4.78, 5) is 23.8. The summed E-state index contributed by atoms with van der Waals surface area (Å²) in [5.74, 6) is -1.23.